The molecule has 2 aromatic rings. The summed E-state index contributed by atoms with van der Waals surface area (Å²) in [5.74, 6) is 0.711. The number of fused-ring (bicyclic) bond motifs is 1. The van der Waals surface area contributed by atoms with E-state index in [9.17, 15) is 9.59 Å². The van der Waals surface area contributed by atoms with Crippen molar-refractivity contribution in [3.63, 3.8) is 0 Å². The summed E-state index contributed by atoms with van der Waals surface area (Å²) in [5.41, 5.74) is 1.30. The largest absolute Gasteiger partial charge is 0.481 e. The lowest BCUT2D eigenvalue weighted by Gasteiger charge is -2.30. The van der Waals surface area contributed by atoms with Gasteiger partial charge in [-0.3, -0.25) is 9.59 Å². The maximum absolute atomic E-state index is 12.1. The van der Waals surface area contributed by atoms with Crippen molar-refractivity contribution in [1.29, 1.82) is 0 Å². The van der Waals surface area contributed by atoms with Gasteiger partial charge in [-0.2, -0.15) is 0 Å². The molecular formula is C17H17BrN2O4. The summed E-state index contributed by atoms with van der Waals surface area (Å²) in [6, 6.07) is 8.47. The van der Waals surface area contributed by atoms with E-state index in [1.54, 1.807) is 35.2 Å². The molecule has 0 saturated carbocycles. The van der Waals surface area contributed by atoms with Crippen molar-refractivity contribution in [2.24, 2.45) is 5.92 Å². The molecule has 0 saturated heterocycles. The van der Waals surface area contributed by atoms with Gasteiger partial charge in [-0.05, 0) is 46.1 Å². The summed E-state index contributed by atoms with van der Waals surface area (Å²) in [6.07, 6.45) is 0. The van der Waals surface area contributed by atoms with Crippen LogP contribution in [0.15, 0.2) is 39.4 Å². The molecule has 1 N–H and O–H groups in total. The molecule has 0 atom stereocenters. The van der Waals surface area contributed by atoms with Gasteiger partial charge in [0.1, 0.15) is 5.75 Å². The maximum atomic E-state index is 12.1. The van der Waals surface area contributed by atoms with Crippen LogP contribution < -0.4 is 15.0 Å². The number of benzene rings is 1. The number of carbonyl (C=O) groups is 2. The zero-order valence-corrected chi connectivity index (χ0v) is 14.9. The molecule has 0 unspecified atom stereocenters. The molecule has 1 aromatic carbocycles. The normalized spacial score (nSPS) is 13.7. The summed E-state index contributed by atoms with van der Waals surface area (Å²) in [4.78, 5) is 25.9. The van der Waals surface area contributed by atoms with E-state index in [0.29, 0.717) is 28.6 Å². The zero-order chi connectivity index (χ0) is 17.3. The third kappa shape index (κ3) is 3.46. The van der Waals surface area contributed by atoms with Gasteiger partial charge >= 0.3 is 0 Å². The Kier molecular flexibility index (Phi) is 4.62. The van der Waals surface area contributed by atoms with Crippen molar-refractivity contribution >= 4 is 39.1 Å². The van der Waals surface area contributed by atoms with E-state index in [4.69, 9.17) is 9.15 Å². The Morgan fingerprint density at radius 2 is 2.12 bits per heavy atom. The van der Waals surface area contributed by atoms with Crippen LogP contribution in [0.3, 0.4) is 0 Å². The van der Waals surface area contributed by atoms with Crippen LogP contribution in [0, 0.1) is 5.92 Å². The quantitative estimate of drug-likeness (QED) is 0.861. The fraction of sp³-hybridized carbons (Fsp3) is 0.294. The van der Waals surface area contributed by atoms with Crippen molar-refractivity contribution in [3.05, 3.63) is 40.8 Å². The van der Waals surface area contributed by atoms with E-state index < -0.39 is 0 Å². The Labute approximate surface area is 147 Å². The zero-order valence-electron chi connectivity index (χ0n) is 13.3. The summed E-state index contributed by atoms with van der Waals surface area (Å²) >= 11 is 3.16. The Balaban J connectivity index is 1.81. The summed E-state index contributed by atoms with van der Waals surface area (Å²) in [6.45, 7) is 4.74. The number of halogens is 1. The first-order valence-electron chi connectivity index (χ1n) is 7.58. The number of amides is 2. The number of hydrogen-bond donors (Lipinski definition) is 1. The van der Waals surface area contributed by atoms with Gasteiger partial charge in [-0.15, -0.1) is 0 Å². The fourth-order valence-electron chi connectivity index (χ4n) is 2.48. The molecular weight excluding hydrogens is 376 g/mol. The second-order valence-electron chi connectivity index (χ2n) is 5.93. The number of carbonyl (C=O) groups excluding carboxylic acids is 2. The first-order valence-corrected chi connectivity index (χ1v) is 8.37. The number of anilines is 2. The molecule has 6 nitrogen and oxygen atoms in total. The van der Waals surface area contributed by atoms with Crippen molar-refractivity contribution in [2.75, 3.05) is 23.4 Å². The highest BCUT2D eigenvalue weighted by Gasteiger charge is 2.26. The molecule has 2 heterocycles. The average molecular weight is 393 g/mol. The van der Waals surface area contributed by atoms with Crippen LogP contribution in [-0.2, 0) is 4.79 Å². The first kappa shape index (κ1) is 16.6. The molecule has 0 radical (unpaired) electrons. The lowest BCUT2D eigenvalue weighted by Crippen LogP contribution is -2.40. The van der Waals surface area contributed by atoms with E-state index in [0.717, 1.165) is 5.69 Å². The first-order chi connectivity index (χ1) is 11.4. The van der Waals surface area contributed by atoms with Crippen LogP contribution in [0.1, 0.15) is 24.4 Å². The van der Waals surface area contributed by atoms with Crippen LogP contribution in [0.2, 0.25) is 0 Å². The number of nitrogens with one attached hydrogen (secondary N) is 1. The van der Waals surface area contributed by atoms with Crippen molar-refractivity contribution in [3.8, 4) is 5.75 Å². The Hall–Kier alpha value is -2.28. The van der Waals surface area contributed by atoms with Crippen molar-refractivity contribution in [1.82, 2.24) is 0 Å². The molecule has 1 aromatic heterocycles. The van der Waals surface area contributed by atoms with Gasteiger partial charge < -0.3 is 19.4 Å². The summed E-state index contributed by atoms with van der Waals surface area (Å²) in [5, 5.41) is 2.75. The van der Waals surface area contributed by atoms with Crippen LogP contribution in [-0.4, -0.2) is 25.0 Å². The smallest absolute Gasteiger partial charge is 0.291 e. The van der Waals surface area contributed by atoms with Crippen LogP contribution in [0.25, 0.3) is 0 Å². The number of hydrogen-bond acceptors (Lipinski definition) is 4. The number of ether oxygens (including phenoxy) is 1. The summed E-state index contributed by atoms with van der Waals surface area (Å²) in [7, 11) is 0. The monoisotopic (exact) mass is 392 g/mol. The predicted octanol–water partition coefficient (Wildman–Crippen LogP) is 3.68. The lowest BCUT2D eigenvalue weighted by atomic mass is 10.1. The second kappa shape index (κ2) is 6.68. The second-order valence-corrected chi connectivity index (χ2v) is 6.71. The van der Waals surface area contributed by atoms with Gasteiger partial charge in [0, 0.05) is 18.3 Å². The molecule has 0 fully saturated rings. The highest BCUT2D eigenvalue weighted by molar-refractivity contribution is 9.10. The molecule has 7 heteroatoms. The average Bonchev–Trinajstić information content (AvgIpc) is 2.96. The highest BCUT2D eigenvalue weighted by atomic mass is 79.9. The van der Waals surface area contributed by atoms with Gasteiger partial charge in [-0.1, -0.05) is 13.8 Å². The van der Waals surface area contributed by atoms with E-state index in [-0.39, 0.29) is 24.2 Å². The van der Waals surface area contributed by atoms with E-state index in [1.165, 1.54) is 0 Å². The molecule has 126 valence electrons. The van der Waals surface area contributed by atoms with Crippen LogP contribution in [0.5, 0.6) is 5.75 Å². The standard InChI is InChI=1S/C17H17BrN2O4/c1-10(2)8-20-12-4-3-11(7-14(12)23-9-16(20)21)19-17(22)13-5-6-15(18)24-13/h3-7,10H,8-9H2,1-2H3,(H,19,22). The Bertz CT molecular complexity index is 785. The lowest BCUT2D eigenvalue weighted by molar-refractivity contribution is -0.121. The van der Waals surface area contributed by atoms with E-state index in [1.807, 2.05) is 0 Å². The van der Waals surface area contributed by atoms with Crippen LogP contribution in [0.4, 0.5) is 11.4 Å². The number of rotatable bonds is 4. The Morgan fingerprint density at radius 1 is 1.33 bits per heavy atom. The molecule has 2 amide bonds. The molecule has 0 aliphatic carbocycles. The van der Waals surface area contributed by atoms with Gasteiger partial charge in [0.05, 0.1) is 5.69 Å². The molecule has 1 aliphatic heterocycles. The third-order valence-electron chi connectivity index (χ3n) is 3.51. The van der Waals surface area contributed by atoms with E-state index in [2.05, 4.69) is 35.1 Å². The molecule has 3 rings (SSSR count). The predicted molar refractivity (Wildman–Crippen MR) is 93.5 cm³/mol. The molecule has 1 aliphatic rings. The van der Waals surface area contributed by atoms with Gasteiger partial charge in [0.25, 0.3) is 11.8 Å². The molecule has 0 spiro atoms. The van der Waals surface area contributed by atoms with Crippen molar-refractivity contribution in [2.45, 2.75) is 13.8 Å². The number of furan rings is 1. The van der Waals surface area contributed by atoms with Crippen molar-refractivity contribution < 1.29 is 18.7 Å². The van der Waals surface area contributed by atoms with E-state index >= 15 is 0 Å². The minimum Gasteiger partial charge on any atom is -0.481 e. The molecule has 0 bridgehead atoms. The topological polar surface area (TPSA) is 71.8 Å². The Morgan fingerprint density at radius 3 is 2.79 bits per heavy atom. The molecule has 24 heavy (non-hydrogen) atoms. The van der Waals surface area contributed by atoms with Crippen LogP contribution >= 0.6 is 15.9 Å². The summed E-state index contributed by atoms with van der Waals surface area (Å²) < 4.78 is 11.2. The number of nitrogens with zero attached hydrogens (tertiary/aromatic N) is 1. The van der Waals surface area contributed by atoms with Gasteiger partial charge in [0.15, 0.2) is 17.0 Å². The minimum atomic E-state index is -0.355. The third-order valence-corrected chi connectivity index (χ3v) is 3.93. The SMILES string of the molecule is CC(C)CN1C(=O)COc2cc(NC(=O)c3ccc(Br)o3)ccc21. The minimum absolute atomic E-state index is 0.00223. The van der Waals surface area contributed by atoms with Gasteiger partial charge in [0.2, 0.25) is 0 Å². The maximum Gasteiger partial charge on any atom is 0.291 e. The highest BCUT2D eigenvalue weighted by Crippen LogP contribution is 2.35. The van der Waals surface area contributed by atoms with Gasteiger partial charge in [-0.25, -0.2) is 0 Å². The fourth-order valence-corrected chi connectivity index (χ4v) is 2.78.